The van der Waals surface area contributed by atoms with Crippen LogP contribution in [0.5, 0.6) is 0 Å². The van der Waals surface area contributed by atoms with Gasteiger partial charge in [-0.05, 0) is 13.3 Å². The van der Waals surface area contributed by atoms with Crippen molar-refractivity contribution < 1.29 is 0 Å². The van der Waals surface area contributed by atoms with E-state index < -0.39 is 0 Å². The summed E-state index contributed by atoms with van der Waals surface area (Å²) in [4.78, 5) is 10.6. The van der Waals surface area contributed by atoms with Crippen molar-refractivity contribution in [2.24, 2.45) is 0 Å². The smallest absolute Gasteiger partial charge is 0.132 e. The molecule has 1 aromatic rings. The van der Waals surface area contributed by atoms with Gasteiger partial charge in [0.25, 0.3) is 0 Å². The van der Waals surface area contributed by atoms with Crippen LogP contribution in [0.4, 0.5) is 5.82 Å². The fourth-order valence-electron chi connectivity index (χ4n) is 1.41. The molecule has 0 aliphatic carbocycles. The van der Waals surface area contributed by atoms with Crippen LogP contribution in [0.25, 0.3) is 0 Å². The summed E-state index contributed by atoms with van der Waals surface area (Å²) in [5, 5.41) is 0. The van der Waals surface area contributed by atoms with E-state index in [1.165, 1.54) is 12.8 Å². The van der Waals surface area contributed by atoms with Crippen molar-refractivity contribution in [1.29, 1.82) is 0 Å². The van der Waals surface area contributed by atoms with Crippen LogP contribution >= 0.6 is 11.6 Å². The highest BCUT2D eigenvalue weighted by Crippen LogP contribution is 2.11. The second kappa shape index (κ2) is 6.62. The molecule has 0 saturated carbocycles. The molecule has 0 spiro atoms. The molecule has 0 amide bonds. The van der Waals surface area contributed by atoms with Gasteiger partial charge in [-0.2, -0.15) is 0 Å². The van der Waals surface area contributed by atoms with Crippen LogP contribution in [0.15, 0.2) is 12.4 Å². The topological polar surface area (TPSA) is 29.0 Å². The average molecular weight is 228 g/mol. The number of hydrogen-bond acceptors (Lipinski definition) is 3. The minimum atomic E-state index is 0.632. The van der Waals surface area contributed by atoms with Crippen LogP contribution < -0.4 is 4.90 Å². The summed E-state index contributed by atoms with van der Waals surface area (Å²) in [6.45, 7) is 6.02. The number of aromatic nitrogens is 2. The number of hydrogen-bond donors (Lipinski definition) is 0. The van der Waals surface area contributed by atoms with Gasteiger partial charge in [-0.15, -0.1) is 11.6 Å². The number of unbranched alkanes of at least 4 members (excludes halogenated alkanes) is 1. The number of halogens is 1. The summed E-state index contributed by atoms with van der Waals surface area (Å²) in [5.41, 5.74) is 0.996. The molecule has 0 unspecified atom stereocenters. The molecule has 0 bridgehead atoms. The summed E-state index contributed by atoms with van der Waals surface area (Å²) in [6, 6.07) is 2.00. The van der Waals surface area contributed by atoms with Gasteiger partial charge in [0, 0.05) is 30.7 Å². The monoisotopic (exact) mass is 227 g/mol. The van der Waals surface area contributed by atoms with E-state index in [9.17, 15) is 0 Å². The second-order valence-corrected chi connectivity index (χ2v) is 3.93. The average Bonchev–Trinajstić information content (AvgIpc) is 2.24. The first-order valence-electron chi connectivity index (χ1n) is 5.37. The van der Waals surface area contributed by atoms with Crippen molar-refractivity contribution >= 4 is 17.4 Å². The van der Waals surface area contributed by atoms with Crippen molar-refractivity contribution in [2.45, 2.75) is 26.7 Å². The lowest BCUT2D eigenvalue weighted by Crippen LogP contribution is -2.27. The van der Waals surface area contributed by atoms with Crippen molar-refractivity contribution in [2.75, 3.05) is 23.9 Å². The molecule has 0 radical (unpaired) electrons. The lowest BCUT2D eigenvalue weighted by atomic mass is 10.3. The van der Waals surface area contributed by atoms with Gasteiger partial charge in [-0.3, -0.25) is 0 Å². The Balaban J connectivity index is 2.69. The molecule has 1 rings (SSSR count). The zero-order chi connectivity index (χ0) is 11.1. The van der Waals surface area contributed by atoms with E-state index in [-0.39, 0.29) is 0 Å². The lowest BCUT2D eigenvalue weighted by Gasteiger charge is -2.22. The largest absolute Gasteiger partial charge is 0.355 e. The third-order valence-electron chi connectivity index (χ3n) is 2.25. The number of anilines is 1. The highest BCUT2D eigenvalue weighted by molar-refractivity contribution is 6.18. The van der Waals surface area contributed by atoms with Crippen molar-refractivity contribution in [3.8, 4) is 0 Å². The molecule has 3 nitrogen and oxygen atoms in total. The predicted molar refractivity (Wildman–Crippen MR) is 64.6 cm³/mol. The van der Waals surface area contributed by atoms with Gasteiger partial charge < -0.3 is 4.90 Å². The molecule has 0 aromatic carbocycles. The summed E-state index contributed by atoms with van der Waals surface area (Å²) >= 11 is 5.78. The molecule has 1 aromatic heterocycles. The van der Waals surface area contributed by atoms with Crippen LogP contribution in [0.3, 0.4) is 0 Å². The molecule has 84 valence electrons. The summed E-state index contributed by atoms with van der Waals surface area (Å²) < 4.78 is 0. The van der Waals surface area contributed by atoms with Gasteiger partial charge in [0.05, 0.1) is 0 Å². The van der Waals surface area contributed by atoms with Gasteiger partial charge in [-0.1, -0.05) is 13.3 Å². The highest BCUT2D eigenvalue weighted by Gasteiger charge is 2.06. The fraction of sp³-hybridized carbons (Fsp3) is 0.636. The van der Waals surface area contributed by atoms with E-state index in [2.05, 4.69) is 21.8 Å². The normalized spacial score (nSPS) is 10.3. The van der Waals surface area contributed by atoms with E-state index in [1.54, 1.807) is 6.33 Å². The van der Waals surface area contributed by atoms with E-state index in [0.29, 0.717) is 5.88 Å². The van der Waals surface area contributed by atoms with Gasteiger partial charge in [0.15, 0.2) is 0 Å². The quantitative estimate of drug-likeness (QED) is 0.700. The second-order valence-electron chi connectivity index (χ2n) is 3.55. The van der Waals surface area contributed by atoms with Crippen LogP contribution in [0.1, 0.15) is 25.5 Å². The summed E-state index contributed by atoms with van der Waals surface area (Å²) in [6.07, 6.45) is 3.96. The molecule has 0 aliphatic heterocycles. The van der Waals surface area contributed by atoms with Crippen molar-refractivity contribution in [3.63, 3.8) is 0 Å². The molecule has 1 heterocycles. The standard InChI is InChI=1S/C11H18ClN3/c1-3-4-6-15(7-5-12)11-8-10(2)13-9-14-11/h8-9H,3-7H2,1-2H3. The van der Waals surface area contributed by atoms with E-state index in [4.69, 9.17) is 11.6 Å². The van der Waals surface area contributed by atoms with Crippen LogP contribution in [-0.2, 0) is 0 Å². The van der Waals surface area contributed by atoms with Crippen LogP contribution in [0, 0.1) is 6.92 Å². The maximum Gasteiger partial charge on any atom is 0.132 e. The third-order valence-corrected chi connectivity index (χ3v) is 2.42. The minimum absolute atomic E-state index is 0.632. The Labute approximate surface area is 96.5 Å². The fourth-order valence-corrected chi connectivity index (χ4v) is 1.61. The molecule has 4 heteroatoms. The zero-order valence-corrected chi connectivity index (χ0v) is 10.2. The molecule has 0 atom stereocenters. The molecule has 0 N–H and O–H groups in total. The van der Waals surface area contributed by atoms with Gasteiger partial charge in [0.1, 0.15) is 12.1 Å². The Morgan fingerprint density at radius 1 is 1.33 bits per heavy atom. The molecule has 0 saturated heterocycles. The Morgan fingerprint density at radius 3 is 2.73 bits per heavy atom. The van der Waals surface area contributed by atoms with Gasteiger partial charge in [-0.25, -0.2) is 9.97 Å². The first-order chi connectivity index (χ1) is 7.27. The zero-order valence-electron chi connectivity index (χ0n) is 9.41. The lowest BCUT2D eigenvalue weighted by molar-refractivity contribution is 0.723. The predicted octanol–water partition coefficient (Wildman–Crippen LogP) is 2.63. The van der Waals surface area contributed by atoms with Crippen LogP contribution in [-0.4, -0.2) is 28.9 Å². The molecular formula is C11H18ClN3. The Kier molecular flexibility index (Phi) is 5.40. The van der Waals surface area contributed by atoms with E-state index >= 15 is 0 Å². The summed E-state index contributed by atoms with van der Waals surface area (Å²) in [7, 11) is 0. The van der Waals surface area contributed by atoms with E-state index in [1.807, 2.05) is 13.0 Å². The Morgan fingerprint density at radius 2 is 2.13 bits per heavy atom. The molecule has 15 heavy (non-hydrogen) atoms. The number of rotatable bonds is 6. The maximum absolute atomic E-state index is 5.78. The molecular weight excluding hydrogens is 210 g/mol. The van der Waals surface area contributed by atoms with E-state index in [0.717, 1.165) is 24.6 Å². The molecule has 0 fully saturated rings. The number of nitrogens with zero attached hydrogens (tertiary/aromatic N) is 3. The van der Waals surface area contributed by atoms with Crippen molar-refractivity contribution in [3.05, 3.63) is 18.1 Å². The Hall–Kier alpha value is -0.830. The number of alkyl halides is 1. The van der Waals surface area contributed by atoms with Crippen molar-refractivity contribution in [1.82, 2.24) is 9.97 Å². The minimum Gasteiger partial charge on any atom is -0.355 e. The first kappa shape index (κ1) is 12.2. The Bertz CT molecular complexity index is 291. The van der Waals surface area contributed by atoms with Gasteiger partial charge >= 0.3 is 0 Å². The maximum atomic E-state index is 5.78. The molecule has 0 aliphatic rings. The van der Waals surface area contributed by atoms with Crippen LogP contribution in [0.2, 0.25) is 0 Å². The summed E-state index contributed by atoms with van der Waals surface area (Å²) in [5.74, 6) is 1.61. The van der Waals surface area contributed by atoms with Gasteiger partial charge in [0.2, 0.25) is 0 Å². The highest BCUT2D eigenvalue weighted by atomic mass is 35.5. The third kappa shape index (κ3) is 4.04. The first-order valence-corrected chi connectivity index (χ1v) is 5.91. The SMILES string of the molecule is CCCCN(CCCl)c1cc(C)ncn1. The number of aryl methyl sites for hydroxylation is 1.